The summed E-state index contributed by atoms with van der Waals surface area (Å²) in [5.41, 5.74) is 2.62. The van der Waals surface area contributed by atoms with Gasteiger partial charge in [0.1, 0.15) is 17.4 Å². The smallest absolute Gasteiger partial charge is 0.344 e. The van der Waals surface area contributed by atoms with Gasteiger partial charge in [-0.25, -0.2) is 13.9 Å². The van der Waals surface area contributed by atoms with E-state index >= 15 is 0 Å². The quantitative estimate of drug-likeness (QED) is 0.619. The van der Waals surface area contributed by atoms with Crippen LogP contribution in [0.4, 0.5) is 10.2 Å². The highest BCUT2D eigenvalue weighted by Crippen LogP contribution is 2.17. The zero-order chi connectivity index (χ0) is 20.8. The van der Waals surface area contributed by atoms with Crippen LogP contribution >= 0.6 is 0 Å². The van der Waals surface area contributed by atoms with Gasteiger partial charge in [-0.1, -0.05) is 23.8 Å². The molecule has 0 fully saturated rings. The number of nitrogens with one attached hydrogen (secondary N) is 1. The monoisotopic (exact) mass is 397 g/mol. The molecule has 29 heavy (non-hydrogen) atoms. The third-order valence-corrected chi connectivity index (χ3v) is 3.89. The molecule has 0 saturated carbocycles. The molecular formula is C21H20FN3O4. The lowest BCUT2D eigenvalue weighted by Crippen LogP contribution is -2.24. The van der Waals surface area contributed by atoms with E-state index < -0.39 is 30.9 Å². The minimum absolute atomic E-state index is 0.198. The number of anilines is 1. The molecule has 0 unspecified atom stereocenters. The SMILES string of the molecule is Cc1ccc(-n2nc(C)cc2NC(=O)COC(=O)COc2cccc(F)c2)cc1. The van der Waals surface area contributed by atoms with Gasteiger partial charge in [0.05, 0.1) is 11.4 Å². The Bertz CT molecular complexity index is 1020. The van der Waals surface area contributed by atoms with Crippen molar-refractivity contribution in [2.24, 2.45) is 0 Å². The van der Waals surface area contributed by atoms with Gasteiger partial charge in [-0.2, -0.15) is 5.10 Å². The van der Waals surface area contributed by atoms with Gasteiger partial charge in [0, 0.05) is 12.1 Å². The second kappa shape index (κ2) is 9.01. The van der Waals surface area contributed by atoms with Crippen molar-refractivity contribution in [1.82, 2.24) is 9.78 Å². The van der Waals surface area contributed by atoms with E-state index in [9.17, 15) is 14.0 Å². The molecule has 7 nitrogen and oxygen atoms in total. The van der Waals surface area contributed by atoms with Gasteiger partial charge >= 0.3 is 5.97 Å². The summed E-state index contributed by atoms with van der Waals surface area (Å²) in [5.74, 6) is -1.08. The van der Waals surface area contributed by atoms with Crippen LogP contribution in [0.25, 0.3) is 5.69 Å². The maximum absolute atomic E-state index is 13.1. The van der Waals surface area contributed by atoms with Crippen LogP contribution in [0.3, 0.4) is 0 Å². The highest BCUT2D eigenvalue weighted by Gasteiger charge is 2.13. The summed E-state index contributed by atoms with van der Waals surface area (Å²) in [6, 6.07) is 14.8. The Kier molecular flexibility index (Phi) is 6.23. The Morgan fingerprint density at radius 3 is 2.55 bits per heavy atom. The normalized spacial score (nSPS) is 10.4. The van der Waals surface area contributed by atoms with Crippen LogP contribution in [0.15, 0.2) is 54.6 Å². The Labute approximate surface area is 167 Å². The first-order valence-electron chi connectivity index (χ1n) is 8.88. The molecule has 0 aliphatic rings. The Hall–Kier alpha value is -3.68. The molecule has 1 aromatic heterocycles. The second-order valence-corrected chi connectivity index (χ2v) is 6.37. The standard InChI is InChI=1S/C21H20FN3O4/c1-14-6-8-17(9-7-14)25-19(10-15(2)24-25)23-20(26)12-29-21(27)13-28-18-5-3-4-16(22)11-18/h3-11H,12-13H2,1-2H3,(H,23,26). The summed E-state index contributed by atoms with van der Waals surface area (Å²) in [4.78, 5) is 23.9. The maximum atomic E-state index is 13.1. The van der Waals surface area contributed by atoms with E-state index in [0.717, 1.165) is 23.0 Å². The molecule has 0 radical (unpaired) electrons. The molecule has 150 valence electrons. The van der Waals surface area contributed by atoms with Gasteiger partial charge in [-0.05, 0) is 38.1 Å². The molecule has 2 aromatic carbocycles. The number of aromatic nitrogens is 2. The summed E-state index contributed by atoms with van der Waals surface area (Å²) >= 11 is 0. The lowest BCUT2D eigenvalue weighted by molar-refractivity contribution is -0.149. The van der Waals surface area contributed by atoms with Crippen molar-refractivity contribution in [3.63, 3.8) is 0 Å². The Balaban J connectivity index is 1.53. The van der Waals surface area contributed by atoms with Gasteiger partial charge in [0.2, 0.25) is 0 Å². The summed E-state index contributed by atoms with van der Waals surface area (Å²) in [6.45, 7) is 2.87. The molecule has 8 heteroatoms. The van der Waals surface area contributed by atoms with E-state index in [4.69, 9.17) is 9.47 Å². The van der Waals surface area contributed by atoms with E-state index in [1.165, 1.54) is 18.2 Å². The minimum atomic E-state index is -0.743. The number of rotatable bonds is 7. The first-order valence-corrected chi connectivity index (χ1v) is 8.88. The fourth-order valence-electron chi connectivity index (χ4n) is 2.54. The largest absolute Gasteiger partial charge is 0.482 e. The number of hydrogen-bond donors (Lipinski definition) is 1. The topological polar surface area (TPSA) is 82.5 Å². The number of benzene rings is 2. The summed E-state index contributed by atoms with van der Waals surface area (Å²) in [7, 11) is 0. The van der Waals surface area contributed by atoms with Crippen molar-refractivity contribution in [2.45, 2.75) is 13.8 Å². The Morgan fingerprint density at radius 2 is 1.83 bits per heavy atom. The lowest BCUT2D eigenvalue weighted by Gasteiger charge is -2.10. The molecule has 0 aliphatic carbocycles. The van der Waals surface area contributed by atoms with Crippen molar-refractivity contribution in [2.75, 3.05) is 18.5 Å². The zero-order valence-electron chi connectivity index (χ0n) is 16.0. The van der Waals surface area contributed by atoms with Crippen LogP contribution < -0.4 is 10.1 Å². The average Bonchev–Trinajstić information content (AvgIpc) is 3.05. The van der Waals surface area contributed by atoms with E-state index in [1.807, 2.05) is 38.1 Å². The molecule has 1 heterocycles. The predicted molar refractivity (Wildman–Crippen MR) is 105 cm³/mol. The summed E-state index contributed by atoms with van der Waals surface area (Å²) in [6.07, 6.45) is 0. The van der Waals surface area contributed by atoms with Gasteiger partial charge < -0.3 is 14.8 Å². The summed E-state index contributed by atoms with van der Waals surface area (Å²) < 4.78 is 24.7. The third-order valence-electron chi connectivity index (χ3n) is 3.89. The Morgan fingerprint density at radius 1 is 1.07 bits per heavy atom. The fraction of sp³-hybridized carbons (Fsp3) is 0.190. The molecule has 0 bridgehead atoms. The highest BCUT2D eigenvalue weighted by molar-refractivity contribution is 5.92. The van der Waals surface area contributed by atoms with Gasteiger partial charge in [-0.3, -0.25) is 4.79 Å². The van der Waals surface area contributed by atoms with Crippen molar-refractivity contribution < 1.29 is 23.5 Å². The van der Waals surface area contributed by atoms with E-state index in [1.54, 1.807) is 10.7 Å². The number of carbonyl (C=O) groups excluding carboxylic acids is 2. The number of aryl methyl sites for hydroxylation is 2. The van der Waals surface area contributed by atoms with Crippen LogP contribution in [0, 0.1) is 19.7 Å². The van der Waals surface area contributed by atoms with Crippen LogP contribution in [0.1, 0.15) is 11.3 Å². The lowest BCUT2D eigenvalue weighted by atomic mass is 10.2. The average molecular weight is 397 g/mol. The number of hydrogen-bond acceptors (Lipinski definition) is 5. The highest BCUT2D eigenvalue weighted by atomic mass is 19.1. The fourth-order valence-corrected chi connectivity index (χ4v) is 2.54. The van der Waals surface area contributed by atoms with E-state index in [0.29, 0.717) is 5.82 Å². The number of esters is 1. The van der Waals surface area contributed by atoms with Crippen LogP contribution in [0.5, 0.6) is 5.75 Å². The van der Waals surface area contributed by atoms with Crippen LogP contribution in [-0.2, 0) is 14.3 Å². The first-order chi connectivity index (χ1) is 13.9. The molecule has 0 atom stereocenters. The van der Waals surface area contributed by atoms with Gasteiger partial charge in [-0.15, -0.1) is 0 Å². The van der Waals surface area contributed by atoms with Crippen molar-refractivity contribution in [3.8, 4) is 11.4 Å². The molecule has 1 N–H and O–H groups in total. The molecule has 3 aromatic rings. The molecule has 0 aliphatic heterocycles. The zero-order valence-corrected chi connectivity index (χ0v) is 16.0. The molecule has 3 rings (SSSR count). The summed E-state index contributed by atoms with van der Waals surface area (Å²) in [5, 5.41) is 7.05. The van der Waals surface area contributed by atoms with Crippen molar-refractivity contribution in [1.29, 1.82) is 0 Å². The molecule has 0 spiro atoms. The number of amides is 1. The molecule has 1 amide bonds. The molecule has 0 saturated heterocycles. The first kappa shape index (κ1) is 20.1. The number of ether oxygens (including phenoxy) is 2. The predicted octanol–water partition coefficient (Wildman–Crippen LogP) is 3.19. The minimum Gasteiger partial charge on any atom is -0.482 e. The van der Waals surface area contributed by atoms with Crippen molar-refractivity contribution >= 4 is 17.7 Å². The second-order valence-electron chi connectivity index (χ2n) is 6.37. The van der Waals surface area contributed by atoms with Crippen molar-refractivity contribution in [3.05, 3.63) is 71.7 Å². The molecular weight excluding hydrogens is 377 g/mol. The van der Waals surface area contributed by atoms with E-state index in [-0.39, 0.29) is 5.75 Å². The number of carbonyl (C=O) groups is 2. The van der Waals surface area contributed by atoms with Crippen LogP contribution in [0.2, 0.25) is 0 Å². The van der Waals surface area contributed by atoms with E-state index in [2.05, 4.69) is 10.4 Å². The maximum Gasteiger partial charge on any atom is 0.344 e. The van der Waals surface area contributed by atoms with Crippen LogP contribution in [-0.4, -0.2) is 34.9 Å². The van der Waals surface area contributed by atoms with Gasteiger partial charge in [0.15, 0.2) is 13.2 Å². The number of halogens is 1. The van der Waals surface area contributed by atoms with Gasteiger partial charge in [0.25, 0.3) is 5.91 Å². The third kappa shape index (κ3) is 5.65. The number of nitrogens with zero attached hydrogens (tertiary/aromatic N) is 2.